The molecule has 0 atom stereocenters. The van der Waals surface area contributed by atoms with E-state index < -0.39 is 4.92 Å². The van der Waals surface area contributed by atoms with E-state index in [1.54, 1.807) is 24.3 Å². The molecule has 0 amide bonds. The highest BCUT2D eigenvalue weighted by molar-refractivity contribution is 5.96. The summed E-state index contributed by atoms with van der Waals surface area (Å²) in [6, 6.07) is 13.6. The molecule has 0 bridgehead atoms. The molecule has 3 N–H and O–H groups in total. The summed E-state index contributed by atoms with van der Waals surface area (Å²) in [4.78, 5) is 10.3. The molecule has 2 rings (SSSR count). The van der Waals surface area contributed by atoms with E-state index in [0.717, 1.165) is 11.1 Å². The van der Waals surface area contributed by atoms with Crippen molar-refractivity contribution in [3.05, 3.63) is 75.3 Å². The van der Waals surface area contributed by atoms with Gasteiger partial charge < -0.3 is 10.5 Å². The van der Waals surface area contributed by atoms with E-state index in [0.29, 0.717) is 12.2 Å². The minimum Gasteiger partial charge on any atom is -0.384 e. The number of hydrogen-bond acceptors (Lipinski definition) is 4. The molecule has 2 aromatic rings. The maximum atomic E-state index is 10.7. The van der Waals surface area contributed by atoms with Gasteiger partial charge in [-0.15, -0.1) is 12.4 Å². The fourth-order valence-electron chi connectivity index (χ4n) is 1.95. The molecule has 6 nitrogen and oxygen atoms in total. The highest BCUT2D eigenvalue weighted by Crippen LogP contribution is 2.15. The zero-order valence-electron chi connectivity index (χ0n) is 11.7. The monoisotopic (exact) mass is 321 g/mol. The first kappa shape index (κ1) is 17.6. The van der Waals surface area contributed by atoms with Gasteiger partial charge in [0.05, 0.1) is 18.1 Å². The van der Waals surface area contributed by atoms with Crippen LogP contribution in [0.3, 0.4) is 0 Å². The van der Waals surface area contributed by atoms with E-state index in [1.807, 2.05) is 12.1 Å². The number of non-ortho nitro benzene ring substituents is 1. The molecule has 0 spiro atoms. The predicted octanol–water partition coefficient (Wildman–Crippen LogP) is 3.02. The maximum Gasteiger partial charge on any atom is 0.269 e. The Kier molecular flexibility index (Phi) is 6.49. The Morgan fingerprint density at radius 2 is 1.91 bits per heavy atom. The summed E-state index contributed by atoms with van der Waals surface area (Å²) in [6.45, 7) is 0.548. The molecule has 2 aromatic carbocycles. The van der Waals surface area contributed by atoms with E-state index in [-0.39, 0.29) is 30.5 Å². The van der Waals surface area contributed by atoms with Crippen LogP contribution in [0, 0.1) is 15.5 Å². The van der Waals surface area contributed by atoms with Crippen LogP contribution in [0.25, 0.3) is 0 Å². The number of nitrogens with two attached hydrogens (primary N) is 1. The van der Waals surface area contributed by atoms with Crippen molar-refractivity contribution in [1.29, 1.82) is 5.41 Å². The van der Waals surface area contributed by atoms with Gasteiger partial charge in [0, 0.05) is 17.7 Å². The second kappa shape index (κ2) is 8.11. The second-order valence-electron chi connectivity index (χ2n) is 4.49. The van der Waals surface area contributed by atoms with Crippen LogP contribution in [0.2, 0.25) is 0 Å². The molecule has 0 saturated heterocycles. The Balaban J connectivity index is 0.00000242. The number of nitro benzene ring substituents is 1. The fourth-order valence-corrected chi connectivity index (χ4v) is 1.95. The first-order valence-corrected chi connectivity index (χ1v) is 6.31. The summed E-state index contributed by atoms with van der Waals surface area (Å²) < 4.78 is 5.56. The van der Waals surface area contributed by atoms with Gasteiger partial charge in [-0.25, -0.2) is 0 Å². The number of rotatable bonds is 6. The van der Waals surface area contributed by atoms with Gasteiger partial charge in [0.15, 0.2) is 0 Å². The number of nitrogens with zero attached hydrogens (tertiary/aromatic N) is 1. The topological polar surface area (TPSA) is 102 Å². The first-order valence-electron chi connectivity index (χ1n) is 6.31. The Morgan fingerprint density at radius 1 is 1.18 bits per heavy atom. The van der Waals surface area contributed by atoms with Gasteiger partial charge in [0.2, 0.25) is 0 Å². The van der Waals surface area contributed by atoms with Crippen molar-refractivity contribution in [2.24, 2.45) is 5.73 Å². The highest BCUT2D eigenvalue weighted by atomic mass is 35.5. The predicted molar refractivity (Wildman–Crippen MR) is 86.3 cm³/mol. The molecular formula is C15H16ClN3O3. The van der Waals surface area contributed by atoms with Crippen LogP contribution in [0.15, 0.2) is 48.5 Å². The average molecular weight is 322 g/mol. The van der Waals surface area contributed by atoms with Crippen molar-refractivity contribution in [3.8, 4) is 0 Å². The van der Waals surface area contributed by atoms with E-state index in [9.17, 15) is 10.1 Å². The van der Waals surface area contributed by atoms with Crippen LogP contribution in [-0.4, -0.2) is 10.8 Å². The Labute approximate surface area is 134 Å². The Hall–Kier alpha value is -2.44. The van der Waals surface area contributed by atoms with Crippen molar-refractivity contribution in [3.63, 3.8) is 0 Å². The number of ether oxygens (including phenoxy) is 1. The second-order valence-corrected chi connectivity index (χ2v) is 4.49. The third kappa shape index (κ3) is 4.54. The smallest absolute Gasteiger partial charge is 0.269 e. The molecule has 0 aliphatic rings. The normalized spacial score (nSPS) is 9.82. The summed E-state index contributed by atoms with van der Waals surface area (Å²) in [5, 5.41) is 18.2. The van der Waals surface area contributed by atoms with Crippen LogP contribution in [0.1, 0.15) is 16.7 Å². The molecule has 116 valence electrons. The van der Waals surface area contributed by atoms with E-state index in [1.165, 1.54) is 12.1 Å². The van der Waals surface area contributed by atoms with Gasteiger partial charge in [0.1, 0.15) is 5.84 Å². The van der Waals surface area contributed by atoms with Crippen molar-refractivity contribution in [2.45, 2.75) is 13.2 Å². The van der Waals surface area contributed by atoms with Gasteiger partial charge in [0.25, 0.3) is 5.69 Å². The quantitative estimate of drug-likeness (QED) is 0.369. The molecule has 0 aliphatic heterocycles. The molecule has 0 aromatic heterocycles. The third-order valence-corrected chi connectivity index (χ3v) is 2.96. The lowest BCUT2D eigenvalue weighted by atomic mass is 10.1. The lowest BCUT2D eigenvalue weighted by Crippen LogP contribution is -2.14. The molecule has 22 heavy (non-hydrogen) atoms. The third-order valence-electron chi connectivity index (χ3n) is 2.96. The average Bonchev–Trinajstić information content (AvgIpc) is 2.48. The zero-order chi connectivity index (χ0) is 15.2. The summed E-state index contributed by atoms with van der Waals surface area (Å²) in [6.07, 6.45) is 0. The maximum absolute atomic E-state index is 10.7. The van der Waals surface area contributed by atoms with Crippen LogP contribution in [0.5, 0.6) is 0 Å². The standard InChI is InChI=1S/C15H15N3O3.ClH/c16-15(17)14-7-2-1-5-12(14)10-21-9-11-4-3-6-13(8-11)18(19)20;/h1-8H,9-10H2,(H3,16,17);1H. The number of halogens is 1. The minimum absolute atomic E-state index is 0. The number of nitrogen functional groups attached to an aromatic ring is 1. The Morgan fingerprint density at radius 3 is 2.59 bits per heavy atom. The molecule has 0 saturated carbocycles. The van der Waals surface area contributed by atoms with Gasteiger partial charge in [-0.1, -0.05) is 36.4 Å². The van der Waals surface area contributed by atoms with Crippen LogP contribution >= 0.6 is 12.4 Å². The van der Waals surface area contributed by atoms with Gasteiger partial charge in [-0.05, 0) is 11.1 Å². The summed E-state index contributed by atoms with van der Waals surface area (Å²) in [5.41, 5.74) is 7.72. The lowest BCUT2D eigenvalue weighted by Gasteiger charge is -2.09. The van der Waals surface area contributed by atoms with Crippen molar-refractivity contribution in [1.82, 2.24) is 0 Å². The molecular weight excluding hydrogens is 306 g/mol. The fraction of sp³-hybridized carbons (Fsp3) is 0.133. The molecule has 0 unspecified atom stereocenters. The van der Waals surface area contributed by atoms with E-state index in [2.05, 4.69) is 0 Å². The van der Waals surface area contributed by atoms with Crippen molar-refractivity contribution in [2.75, 3.05) is 0 Å². The summed E-state index contributed by atoms with van der Waals surface area (Å²) in [7, 11) is 0. The number of nitrogens with one attached hydrogen (secondary N) is 1. The number of hydrogen-bond donors (Lipinski definition) is 2. The van der Waals surface area contributed by atoms with Crippen LogP contribution in [0.4, 0.5) is 5.69 Å². The largest absolute Gasteiger partial charge is 0.384 e. The number of benzene rings is 2. The molecule has 0 heterocycles. The molecule has 0 aliphatic carbocycles. The summed E-state index contributed by atoms with van der Waals surface area (Å²) >= 11 is 0. The van der Waals surface area contributed by atoms with E-state index in [4.69, 9.17) is 15.9 Å². The Bertz CT molecular complexity index is 677. The van der Waals surface area contributed by atoms with Gasteiger partial charge in [-0.3, -0.25) is 15.5 Å². The van der Waals surface area contributed by atoms with Crippen molar-refractivity contribution >= 4 is 23.9 Å². The van der Waals surface area contributed by atoms with Gasteiger partial charge >= 0.3 is 0 Å². The number of nitro groups is 1. The van der Waals surface area contributed by atoms with E-state index >= 15 is 0 Å². The molecule has 0 fully saturated rings. The highest BCUT2D eigenvalue weighted by Gasteiger charge is 2.07. The SMILES string of the molecule is Cl.N=C(N)c1ccccc1COCc1cccc([N+](=O)[O-])c1. The molecule has 7 heteroatoms. The number of amidine groups is 1. The first-order chi connectivity index (χ1) is 10.1. The zero-order valence-corrected chi connectivity index (χ0v) is 12.5. The molecule has 0 radical (unpaired) electrons. The van der Waals surface area contributed by atoms with Gasteiger partial charge in [-0.2, -0.15) is 0 Å². The summed E-state index contributed by atoms with van der Waals surface area (Å²) in [5.74, 6) is -0.00968. The van der Waals surface area contributed by atoms with Crippen LogP contribution in [-0.2, 0) is 18.0 Å². The lowest BCUT2D eigenvalue weighted by molar-refractivity contribution is -0.384. The van der Waals surface area contributed by atoms with Crippen LogP contribution < -0.4 is 5.73 Å². The van der Waals surface area contributed by atoms with Crippen molar-refractivity contribution < 1.29 is 9.66 Å². The minimum atomic E-state index is -0.436.